The molecule has 0 amide bonds. The van der Waals surface area contributed by atoms with Gasteiger partial charge in [0.05, 0.1) is 0 Å². The van der Waals surface area contributed by atoms with Gasteiger partial charge in [0.2, 0.25) is 0 Å². The van der Waals surface area contributed by atoms with Gasteiger partial charge in [-0.2, -0.15) is 0 Å². The van der Waals surface area contributed by atoms with E-state index in [1.54, 1.807) is 18.2 Å². The van der Waals surface area contributed by atoms with E-state index in [1.165, 1.54) is 0 Å². The molecule has 1 atom stereocenters. The first-order valence-electron chi connectivity index (χ1n) is 8.12. The van der Waals surface area contributed by atoms with Gasteiger partial charge in [-0.25, -0.2) is 4.57 Å². The summed E-state index contributed by atoms with van der Waals surface area (Å²) in [5, 5.41) is 0. The lowest BCUT2D eigenvalue weighted by molar-refractivity contribution is 0.411. The predicted molar refractivity (Wildman–Crippen MR) is 109 cm³/mol. The molecule has 0 aliphatic heterocycles. The second kappa shape index (κ2) is 8.01. The Labute approximate surface area is 153 Å². The number of hydrogen-bond acceptors (Lipinski definition) is 2. The normalized spacial score (nSPS) is 11.6. The first kappa shape index (κ1) is 17.9. The van der Waals surface area contributed by atoms with Crippen LogP contribution in [0.4, 0.5) is 0 Å². The van der Waals surface area contributed by atoms with Crippen LogP contribution in [0.15, 0.2) is 79.9 Å². The van der Waals surface area contributed by atoms with E-state index in [4.69, 9.17) is 4.52 Å². The Morgan fingerprint density at radius 1 is 0.808 bits per heavy atom. The van der Waals surface area contributed by atoms with Crippen molar-refractivity contribution in [2.24, 2.45) is 0 Å². The Morgan fingerprint density at radius 2 is 1.35 bits per heavy atom. The minimum Gasteiger partial charge on any atom is -0.426 e. The Morgan fingerprint density at radius 3 is 1.85 bits per heavy atom. The van der Waals surface area contributed by atoms with Crippen LogP contribution in [0.1, 0.15) is 11.1 Å². The zero-order valence-electron chi connectivity index (χ0n) is 14.2. The van der Waals surface area contributed by atoms with Gasteiger partial charge in [-0.05, 0) is 33.9 Å². The van der Waals surface area contributed by atoms with Crippen molar-refractivity contribution < 1.29 is 14.0 Å². The monoisotopic (exact) mass is 362 g/mol. The topological polar surface area (TPSA) is 46.5 Å². The molecule has 0 aliphatic carbocycles. The second-order valence-corrected chi connectivity index (χ2v) is 6.43. The predicted octanol–water partition coefficient (Wildman–Crippen LogP) is 6.07. The largest absolute Gasteiger partial charge is 0.426 e. The SMILES string of the molecule is C=Cc1ccc(-c2cccc(O[PH](=O)O)c2-c2ccc(C=C)cc2)cc1. The third kappa shape index (κ3) is 3.85. The summed E-state index contributed by atoms with van der Waals surface area (Å²) < 4.78 is 16.6. The highest BCUT2D eigenvalue weighted by Gasteiger charge is 2.15. The Balaban J connectivity index is 2.20. The molecule has 0 saturated carbocycles. The molecule has 0 aromatic heterocycles. The molecular formula is C22H19O3P. The van der Waals surface area contributed by atoms with Crippen molar-refractivity contribution in [3.05, 3.63) is 91.0 Å². The highest BCUT2D eigenvalue weighted by atomic mass is 31.1. The molecule has 130 valence electrons. The maximum atomic E-state index is 11.3. The Kier molecular flexibility index (Phi) is 5.52. The van der Waals surface area contributed by atoms with Crippen molar-refractivity contribution in [2.45, 2.75) is 0 Å². The zero-order chi connectivity index (χ0) is 18.5. The van der Waals surface area contributed by atoms with Crippen LogP contribution in [0.25, 0.3) is 34.4 Å². The van der Waals surface area contributed by atoms with Crippen LogP contribution < -0.4 is 4.52 Å². The van der Waals surface area contributed by atoms with Crippen LogP contribution in [0.2, 0.25) is 0 Å². The third-order valence-corrected chi connectivity index (χ3v) is 4.51. The van der Waals surface area contributed by atoms with Crippen molar-refractivity contribution in [1.82, 2.24) is 0 Å². The summed E-state index contributed by atoms with van der Waals surface area (Å²) >= 11 is 0. The molecule has 3 nitrogen and oxygen atoms in total. The van der Waals surface area contributed by atoms with Crippen LogP contribution >= 0.6 is 8.25 Å². The minimum absolute atomic E-state index is 0.382. The summed E-state index contributed by atoms with van der Waals surface area (Å²) in [4.78, 5) is 9.29. The van der Waals surface area contributed by atoms with E-state index in [1.807, 2.05) is 60.7 Å². The van der Waals surface area contributed by atoms with E-state index >= 15 is 0 Å². The highest BCUT2D eigenvalue weighted by molar-refractivity contribution is 7.32. The molecular weight excluding hydrogens is 343 g/mol. The number of benzene rings is 3. The molecule has 1 unspecified atom stereocenters. The third-order valence-electron chi connectivity index (χ3n) is 4.12. The molecule has 0 radical (unpaired) electrons. The highest BCUT2D eigenvalue weighted by Crippen LogP contribution is 2.41. The van der Waals surface area contributed by atoms with E-state index in [-0.39, 0.29) is 0 Å². The van der Waals surface area contributed by atoms with Crippen LogP contribution in [-0.4, -0.2) is 4.89 Å². The molecule has 26 heavy (non-hydrogen) atoms. The first-order valence-corrected chi connectivity index (χ1v) is 9.38. The summed E-state index contributed by atoms with van der Waals surface area (Å²) in [5.41, 5.74) is 5.62. The van der Waals surface area contributed by atoms with Gasteiger partial charge in [0, 0.05) is 5.56 Å². The van der Waals surface area contributed by atoms with E-state index in [9.17, 15) is 9.46 Å². The maximum absolute atomic E-state index is 11.3. The molecule has 0 fully saturated rings. The van der Waals surface area contributed by atoms with Crippen molar-refractivity contribution in [2.75, 3.05) is 0 Å². The van der Waals surface area contributed by atoms with Gasteiger partial charge in [-0.1, -0.05) is 86.0 Å². The van der Waals surface area contributed by atoms with Crippen molar-refractivity contribution >= 4 is 20.4 Å². The van der Waals surface area contributed by atoms with Gasteiger partial charge < -0.3 is 9.42 Å². The van der Waals surface area contributed by atoms with Crippen LogP contribution in [0.5, 0.6) is 5.75 Å². The van der Waals surface area contributed by atoms with Gasteiger partial charge in [-0.3, -0.25) is 0 Å². The Bertz CT molecular complexity index is 958. The average molecular weight is 362 g/mol. The second-order valence-electron chi connectivity index (χ2n) is 5.70. The molecule has 0 heterocycles. The molecule has 4 heteroatoms. The van der Waals surface area contributed by atoms with Crippen molar-refractivity contribution in [1.29, 1.82) is 0 Å². The first-order chi connectivity index (χ1) is 12.6. The van der Waals surface area contributed by atoms with E-state index < -0.39 is 8.25 Å². The fourth-order valence-electron chi connectivity index (χ4n) is 2.83. The summed E-state index contributed by atoms with van der Waals surface area (Å²) in [7, 11) is -3.12. The van der Waals surface area contributed by atoms with E-state index in [0.717, 1.165) is 33.4 Å². The van der Waals surface area contributed by atoms with E-state index in [2.05, 4.69) is 13.2 Å². The lowest BCUT2D eigenvalue weighted by Gasteiger charge is -2.15. The molecule has 0 bridgehead atoms. The fraction of sp³-hybridized carbons (Fsp3) is 0. The molecule has 0 aliphatic rings. The molecule has 3 aromatic carbocycles. The van der Waals surface area contributed by atoms with Crippen LogP contribution in [-0.2, 0) is 4.57 Å². The molecule has 3 rings (SSSR count). The van der Waals surface area contributed by atoms with E-state index in [0.29, 0.717) is 5.75 Å². The lowest BCUT2D eigenvalue weighted by Crippen LogP contribution is -1.91. The minimum atomic E-state index is -3.12. The molecule has 3 aromatic rings. The number of hydrogen-bond donors (Lipinski definition) is 1. The number of rotatable bonds is 6. The quantitative estimate of drug-likeness (QED) is 0.542. The summed E-state index contributed by atoms with van der Waals surface area (Å²) in [6.45, 7) is 7.54. The van der Waals surface area contributed by atoms with Gasteiger partial charge >= 0.3 is 8.25 Å². The van der Waals surface area contributed by atoms with Crippen molar-refractivity contribution in [3.63, 3.8) is 0 Å². The summed E-state index contributed by atoms with van der Waals surface area (Å²) in [5.74, 6) is 0.382. The molecule has 0 saturated heterocycles. The maximum Gasteiger partial charge on any atom is 0.365 e. The smallest absolute Gasteiger partial charge is 0.365 e. The van der Waals surface area contributed by atoms with Gasteiger partial charge in [-0.15, -0.1) is 0 Å². The Hall–Kier alpha value is -2.87. The van der Waals surface area contributed by atoms with Crippen molar-refractivity contribution in [3.8, 4) is 28.0 Å². The van der Waals surface area contributed by atoms with Crippen LogP contribution in [0.3, 0.4) is 0 Å². The van der Waals surface area contributed by atoms with Gasteiger partial charge in [0.15, 0.2) is 0 Å². The summed E-state index contributed by atoms with van der Waals surface area (Å²) in [6.07, 6.45) is 3.56. The standard InChI is InChI=1S/C22H19O3P/c1-3-16-8-12-18(13-9-16)20-6-5-7-21(25-26(23)24)22(20)19-14-10-17(4-2)11-15-19/h3-15,26H,1-2H2,(H,23,24). The molecule has 1 N–H and O–H groups in total. The van der Waals surface area contributed by atoms with Gasteiger partial charge in [0.25, 0.3) is 0 Å². The van der Waals surface area contributed by atoms with Gasteiger partial charge in [0.1, 0.15) is 5.75 Å². The lowest BCUT2D eigenvalue weighted by atomic mass is 9.93. The van der Waals surface area contributed by atoms with Crippen LogP contribution in [0, 0.1) is 0 Å². The zero-order valence-corrected chi connectivity index (χ0v) is 15.2. The average Bonchev–Trinajstić information content (AvgIpc) is 2.67. The molecule has 0 spiro atoms. The summed E-state index contributed by atoms with van der Waals surface area (Å²) in [6, 6.07) is 21.3. The fourth-order valence-corrected chi connectivity index (χ4v) is 3.19.